The van der Waals surface area contributed by atoms with Crippen LogP contribution in [-0.4, -0.2) is 21.6 Å². The molecule has 0 fully saturated rings. The summed E-state index contributed by atoms with van der Waals surface area (Å²) >= 11 is 0. The van der Waals surface area contributed by atoms with Crippen molar-refractivity contribution in [2.45, 2.75) is 13.0 Å². The molecular weight excluding hydrogens is 314 g/mol. The van der Waals surface area contributed by atoms with Gasteiger partial charge in [-0.3, -0.25) is 9.59 Å². The summed E-state index contributed by atoms with van der Waals surface area (Å²) in [4.78, 5) is 23.5. The second-order valence-corrected chi connectivity index (χ2v) is 5.92. The zero-order chi connectivity index (χ0) is 17.6. The van der Waals surface area contributed by atoms with Gasteiger partial charge < -0.3 is 14.5 Å². The van der Waals surface area contributed by atoms with Gasteiger partial charge in [0.2, 0.25) is 11.5 Å². The van der Waals surface area contributed by atoms with Gasteiger partial charge in [-0.1, -0.05) is 24.3 Å². The van der Waals surface area contributed by atoms with Crippen molar-refractivity contribution >= 4 is 22.9 Å². The molecule has 2 heterocycles. The van der Waals surface area contributed by atoms with Gasteiger partial charge in [0.15, 0.2) is 0 Å². The molecule has 1 aromatic carbocycles. The van der Waals surface area contributed by atoms with Gasteiger partial charge in [-0.05, 0) is 24.6 Å². The number of nitrogens with one attached hydrogen (secondary N) is 1. The van der Waals surface area contributed by atoms with Crippen LogP contribution in [0, 0.1) is 0 Å². The molecule has 25 heavy (non-hydrogen) atoms. The Morgan fingerprint density at radius 1 is 1.16 bits per heavy atom. The van der Waals surface area contributed by atoms with E-state index in [1.54, 1.807) is 22.9 Å². The lowest BCUT2D eigenvalue weighted by molar-refractivity contribution is -0.116. The second-order valence-electron chi connectivity index (χ2n) is 5.92. The first-order valence-corrected chi connectivity index (χ1v) is 8.30. The predicted molar refractivity (Wildman–Crippen MR) is 100 cm³/mol. The molecule has 1 amide bonds. The Labute approximate surface area is 146 Å². The summed E-state index contributed by atoms with van der Waals surface area (Å²) in [7, 11) is 1.99. The van der Waals surface area contributed by atoms with E-state index >= 15 is 0 Å². The van der Waals surface area contributed by atoms with Crippen LogP contribution in [0.5, 0.6) is 0 Å². The number of aryl methyl sites for hydroxylation is 2. The van der Waals surface area contributed by atoms with E-state index in [0.29, 0.717) is 19.5 Å². The van der Waals surface area contributed by atoms with E-state index in [1.807, 2.05) is 48.2 Å². The third-order valence-electron chi connectivity index (χ3n) is 4.12. The first-order valence-electron chi connectivity index (χ1n) is 8.30. The molecule has 0 aliphatic carbocycles. The summed E-state index contributed by atoms with van der Waals surface area (Å²) in [5.74, 6) is -0.131. The fourth-order valence-electron chi connectivity index (χ4n) is 2.84. The van der Waals surface area contributed by atoms with Crippen LogP contribution in [0.3, 0.4) is 0 Å². The van der Waals surface area contributed by atoms with Crippen molar-refractivity contribution in [1.29, 1.82) is 0 Å². The molecule has 0 aliphatic rings. The third-order valence-corrected chi connectivity index (χ3v) is 4.12. The normalized spacial score (nSPS) is 11.2. The molecule has 0 unspecified atom stereocenters. The average Bonchev–Trinajstić information content (AvgIpc) is 2.95. The number of hydrogen-bond acceptors (Lipinski definition) is 2. The standard InChI is InChI=1S/C20H21N3O2/c1-22-15-16(17-7-2-3-8-18(17)22)10-11-19(24)21-12-6-14-23-13-5-4-9-20(23)25/h2-5,7-11,13,15H,6,12,14H2,1H3,(H,21,24)/b11-10+. The van der Waals surface area contributed by atoms with Crippen LogP contribution in [0.25, 0.3) is 17.0 Å². The number of amides is 1. The molecular formula is C20H21N3O2. The van der Waals surface area contributed by atoms with Gasteiger partial charge in [0.05, 0.1) is 0 Å². The SMILES string of the molecule is Cn1cc(/C=C/C(=O)NCCCn2ccccc2=O)c2ccccc21. The molecule has 3 aromatic rings. The number of pyridine rings is 1. The molecule has 1 N–H and O–H groups in total. The molecule has 0 spiro atoms. The number of carbonyl (C=O) groups excluding carboxylic acids is 1. The van der Waals surface area contributed by atoms with E-state index in [9.17, 15) is 9.59 Å². The van der Waals surface area contributed by atoms with Crippen molar-refractivity contribution in [1.82, 2.24) is 14.5 Å². The van der Waals surface area contributed by atoms with E-state index < -0.39 is 0 Å². The van der Waals surface area contributed by atoms with Crippen LogP contribution in [-0.2, 0) is 18.4 Å². The van der Waals surface area contributed by atoms with Crippen LogP contribution in [0.15, 0.2) is 65.7 Å². The number of nitrogens with zero attached hydrogens (tertiary/aromatic N) is 2. The van der Waals surface area contributed by atoms with Crippen molar-refractivity contribution < 1.29 is 4.79 Å². The van der Waals surface area contributed by atoms with Gasteiger partial charge in [0.1, 0.15) is 0 Å². The van der Waals surface area contributed by atoms with Crippen LogP contribution in [0.1, 0.15) is 12.0 Å². The van der Waals surface area contributed by atoms with Crippen LogP contribution in [0.2, 0.25) is 0 Å². The summed E-state index contributed by atoms with van der Waals surface area (Å²) in [5.41, 5.74) is 2.13. The van der Waals surface area contributed by atoms with Crippen LogP contribution >= 0.6 is 0 Å². The highest BCUT2D eigenvalue weighted by Crippen LogP contribution is 2.21. The maximum atomic E-state index is 12.0. The lowest BCUT2D eigenvalue weighted by Crippen LogP contribution is -2.25. The van der Waals surface area contributed by atoms with E-state index in [1.165, 1.54) is 6.07 Å². The van der Waals surface area contributed by atoms with Gasteiger partial charge in [0.25, 0.3) is 0 Å². The Morgan fingerprint density at radius 2 is 1.96 bits per heavy atom. The second kappa shape index (κ2) is 7.66. The minimum absolute atomic E-state index is 0.0234. The van der Waals surface area contributed by atoms with Gasteiger partial charge in [0, 0.05) is 61.1 Å². The minimum Gasteiger partial charge on any atom is -0.352 e. The Morgan fingerprint density at radius 3 is 2.80 bits per heavy atom. The molecule has 0 atom stereocenters. The Hall–Kier alpha value is -3.08. The Bertz CT molecular complexity index is 966. The number of hydrogen-bond donors (Lipinski definition) is 1. The number of aromatic nitrogens is 2. The lowest BCUT2D eigenvalue weighted by atomic mass is 10.1. The highest BCUT2D eigenvalue weighted by Gasteiger charge is 2.03. The van der Waals surface area contributed by atoms with Gasteiger partial charge in [-0.2, -0.15) is 0 Å². The van der Waals surface area contributed by atoms with E-state index in [4.69, 9.17) is 0 Å². The first-order chi connectivity index (χ1) is 12.1. The predicted octanol–water partition coefficient (Wildman–Crippen LogP) is 2.56. The number of para-hydroxylation sites is 1. The van der Waals surface area contributed by atoms with Crippen molar-refractivity contribution in [3.05, 3.63) is 76.9 Å². The van der Waals surface area contributed by atoms with Crippen molar-refractivity contribution in [2.24, 2.45) is 7.05 Å². The molecule has 0 saturated heterocycles. The molecule has 0 bridgehead atoms. The summed E-state index contributed by atoms with van der Waals surface area (Å²) < 4.78 is 3.68. The Kier molecular flexibility index (Phi) is 5.14. The molecule has 0 aliphatic heterocycles. The van der Waals surface area contributed by atoms with Crippen LogP contribution < -0.4 is 10.9 Å². The topological polar surface area (TPSA) is 56.0 Å². The van der Waals surface area contributed by atoms with Gasteiger partial charge >= 0.3 is 0 Å². The minimum atomic E-state index is -0.131. The molecule has 0 saturated carbocycles. The van der Waals surface area contributed by atoms with Gasteiger partial charge in [-0.15, -0.1) is 0 Å². The Balaban J connectivity index is 1.53. The average molecular weight is 335 g/mol. The third kappa shape index (κ3) is 4.07. The molecule has 128 valence electrons. The monoisotopic (exact) mass is 335 g/mol. The summed E-state index contributed by atoms with van der Waals surface area (Å²) in [5, 5.41) is 3.97. The smallest absolute Gasteiger partial charge is 0.250 e. The first kappa shape index (κ1) is 16.8. The molecule has 2 aromatic heterocycles. The zero-order valence-electron chi connectivity index (χ0n) is 14.2. The maximum Gasteiger partial charge on any atom is 0.250 e. The van der Waals surface area contributed by atoms with E-state index in [-0.39, 0.29) is 11.5 Å². The van der Waals surface area contributed by atoms with Crippen LogP contribution in [0.4, 0.5) is 0 Å². The van der Waals surface area contributed by atoms with E-state index in [0.717, 1.165) is 16.5 Å². The highest BCUT2D eigenvalue weighted by molar-refractivity contribution is 5.96. The summed E-state index contributed by atoms with van der Waals surface area (Å²) in [6.45, 7) is 1.12. The fraction of sp³-hybridized carbons (Fsp3) is 0.200. The van der Waals surface area contributed by atoms with Crippen molar-refractivity contribution in [3.8, 4) is 0 Å². The summed E-state index contributed by atoms with van der Waals surface area (Å²) in [6, 6.07) is 13.2. The summed E-state index contributed by atoms with van der Waals surface area (Å²) in [6.07, 6.45) is 7.86. The van der Waals surface area contributed by atoms with Crippen molar-refractivity contribution in [3.63, 3.8) is 0 Å². The maximum absolute atomic E-state index is 12.0. The van der Waals surface area contributed by atoms with Crippen molar-refractivity contribution in [2.75, 3.05) is 6.54 Å². The highest BCUT2D eigenvalue weighted by atomic mass is 16.1. The molecule has 0 radical (unpaired) electrons. The quantitative estimate of drug-likeness (QED) is 0.556. The van der Waals surface area contributed by atoms with E-state index in [2.05, 4.69) is 11.4 Å². The number of rotatable bonds is 6. The fourth-order valence-corrected chi connectivity index (χ4v) is 2.84. The number of carbonyl (C=O) groups is 1. The van der Waals surface area contributed by atoms with Gasteiger partial charge in [-0.25, -0.2) is 0 Å². The molecule has 5 nitrogen and oxygen atoms in total. The number of benzene rings is 1. The lowest BCUT2D eigenvalue weighted by Gasteiger charge is -2.05. The molecule has 5 heteroatoms. The zero-order valence-corrected chi connectivity index (χ0v) is 14.2. The number of fused-ring (bicyclic) bond motifs is 1. The largest absolute Gasteiger partial charge is 0.352 e. The molecule has 3 rings (SSSR count).